The molecule has 2 aromatic carbocycles. The Morgan fingerprint density at radius 2 is 1.85 bits per heavy atom. The number of carbonyl (C=O) groups is 1. The summed E-state index contributed by atoms with van der Waals surface area (Å²) in [5, 5.41) is 20.4. The maximum absolute atomic E-state index is 12.8. The lowest BCUT2D eigenvalue weighted by molar-refractivity contribution is -0.385. The van der Waals surface area contributed by atoms with Gasteiger partial charge in [-0.1, -0.05) is 6.07 Å². The highest BCUT2D eigenvalue weighted by Crippen LogP contribution is 2.36. The Kier molecular flexibility index (Phi) is 5.55. The van der Waals surface area contributed by atoms with Crippen LogP contribution in [0.5, 0.6) is 11.5 Å². The standard InChI is InChI=1S/C16H16N2O8S/c1-9-4-5-10(18(21)22)6-14(9)27(23,24)17-15-12(16(19)20)7-11(25-2)8-13(15)26-3/h4-8,17H,1-3H3,(H,19,20). The first-order valence-corrected chi connectivity index (χ1v) is 8.86. The zero-order chi connectivity index (χ0) is 20.4. The number of aromatic carboxylic acids is 1. The first-order chi connectivity index (χ1) is 12.6. The van der Waals surface area contributed by atoms with E-state index in [-0.39, 0.29) is 27.6 Å². The molecule has 0 saturated carbocycles. The van der Waals surface area contributed by atoms with E-state index in [0.717, 1.165) is 12.1 Å². The normalized spacial score (nSPS) is 10.9. The van der Waals surface area contributed by atoms with Crippen molar-refractivity contribution in [3.05, 3.63) is 51.6 Å². The molecule has 0 atom stereocenters. The summed E-state index contributed by atoms with van der Waals surface area (Å²) in [7, 11) is -1.80. The maximum Gasteiger partial charge on any atom is 0.338 e. The minimum Gasteiger partial charge on any atom is -0.497 e. The number of rotatable bonds is 7. The molecule has 0 bridgehead atoms. The number of sulfonamides is 1. The van der Waals surface area contributed by atoms with Gasteiger partial charge in [0.15, 0.2) is 0 Å². The average Bonchev–Trinajstić information content (AvgIpc) is 2.61. The minimum atomic E-state index is -4.35. The fraction of sp³-hybridized carbons (Fsp3) is 0.188. The van der Waals surface area contributed by atoms with E-state index in [9.17, 15) is 28.4 Å². The predicted molar refractivity (Wildman–Crippen MR) is 95.1 cm³/mol. The van der Waals surface area contributed by atoms with Gasteiger partial charge in [0.2, 0.25) is 0 Å². The number of nitrogens with zero attached hydrogens (tertiary/aromatic N) is 1. The number of non-ortho nitro benzene ring substituents is 1. The van der Waals surface area contributed by atoms with Crippen LogP contribution in [0.3, 0.4) is 0 Å². The van der Waals surface area contributed by atoms with E-state index in [4.69, 9.17) is 9.47 Å². The zero-order valence-electron chi connectivity index (χ0n) is 14.5. The Morgan fingerprint density at radius 3 is 2.37 bits per heavy atom. The molecule has 2 aromatic rings. The molecular weight excluding hydrogens is 380 g/mol. The van der Waals surface area contributed by atoms with Crippen molar-refractivity contribution in [2.75, 3.05) is 18.9 Å². The molecular formula is C16H16N2O8S. The molecule has 2 N–H and O–H groups in total. The Balaban J connectivity index is 2.64. The van der Waals surface area contributed by atoms with Crippen molar-refractivity contribution < 1.29 is 32.7 Å². The molecule has 0 heterocycles. The van der Waals surface area contributed by atoms with Crippen molar-refractivity contribution in [2.45, 2.75) is 11.8 Å². The molecule has 0 radical (unpaired) electrons. The molecule has 27 heavy (non-hydrogen) atoms. The van der Waals surface area contributed by atoms with Gasteiger partial charge in [-0.05, 0) is 18.6 Å². The number of benzene rings is 2. The number of ether oxygens (including phenoxy) is 2. The van der Waals surface area contributed by atoms with Crippen LogP contribution in [-0.2, 0) is 10.0 Å². The number of hydrogen-bond donors (Lipinski definition) is 2. The summed E-state index contributed by atoms with van der Waals surface area (Å²) in [5.74, 6) is -1.35. The van der Waals surface area contributed by atoms with Crippen molar-refractivity contribution in [3.63, 3.8) is 0 Å². The maximum atomic E-state index is 12.8. The Hall–Kier alpha value is -3.34. The molecule has 10 nitrogen and oxygen atoms in total. The van der Waals surface area contributed by atoms with Crippen molar-refractivity contribution >= 4 is 27.4 Å². The SMILES string of the molecule is COc1cc(OC)c(NS(=O)(=O)c2cc([N+](=O)[O-])ccc2C)c(C(=O)O)c1. The van der Waals surface area contributed by atoms with E-state index < -0.39 is 32.2 Å². The summed E-state index contributed by atoms with van der Waals surface area (Å²) in [6.45, 7) is 1.46. The molecule has 0 aliphatic rings. The second kappa shape index (κ2) is 7.50. The third-order valence-electron chi connectivity index (χ3n) is 3.67. The van der Waals surface area contributed by atoms with E-state index in [1.165, 1.54) is 39.3 Å². The number of carboxylic acid groups (broad SMARTS) is 1. The number of anilines is 1. The van der Waals surface area contributed by atoms with Gasteiger partial charge in [0.05, 0.1) is 29.6 Å². The fourth-order valence-corrected chi connectivity index (χ4v) is 3.68. The number of carboxylic acids is 1. The molecule has 0 aliphatic heterocycles. The Morgan fingerprint density at radius 1 is 1.19 bits per heavy atom. The van der Waals surface area contributed by atoms with Crippen LogP contribution < -0.4 is 14.2 Å². The van der Waals surface area contributed by atoms with E-state index in [0.29, 0.717) is 0 Å². The minimum absolute atomic E-state index is 0.0848. The predicted octanol–water partition coefficient (Wildman–Crippen LogP) is 2.42. The highest BCUT2D eigenvalue weighted by molar-refractivity contribution is 7.92. The molecule has 11 heteroatoms. The summed E-state index contributed by atoms with van der Waals surface area (Å²) in [6, 6.07) is 5.79. The lowest BCUT2D eigenvalue weighted by Gasteiger charge is -2.16. The lowest BCUT2D eigenvalue weighted by atomic mass is 10.1. The van der Waals surface area contributed by atoms with E-state index in [1.807, 2.05) is 0 Å². The van der Waals surface area contributed by atoms with Crippen molar-refractivity contribution in [1.29, 1.82) is 0 Å². The average molecular weight is 396 g/mol. The largest absolute Gasteiger partial charge is 0.497 e. The van der Waals surface area contributed by atoms with Crippen molar-refractivity contribution in [3.8, 4) is 11.5 Å². The van der Waals surface area contributed by atoms with Gasteiger partial charge in [-0.3, -0.25) is 14.8 Å². The number of aryl methyl sites for hydroxylation is 1. The smallest absolute Gasteiger partial charge is 0.338 e. The topological polar surface area (TPSA) is 145 Å². The van der Waals surface area contributed by atoms with E-state index in [2.05, 4.69) is 4.72 Å². The van der Waals surface area contributed by atoms with Crippen LogP contribution in [0.15, 0.2) is 35.2 Å². The summed E-state index contributed by atoms with van der Waals surface area (Å²) in [5.41, 5.74) is -0.895. The monoisotopic (exact) mass is 396 g/mol. The number of methoxy groups -OCH3 is 2. The van der Waals surface area contributed by atoms with Gasteiger partial charge < -0.3 is 14.6 Å². The summed E-state index contributed by atoms with van der Waals surface area (Å²) >= 11 is 0. The second-order valence-electron chi connectivity index (χ2n) is 5.37. The third kappa shape index (κ3) is 4.08. The zero-order valence-corrected chi connectivity index (χ0v) is 15.4. The summed E-state index contributed by atoms with van der Waals surface area (Å²) in [4.78, 5) is 21.4. The first kappa shape index (κ1) is 20.0. The number of nitrogens with one attached hydrogen (secondary N) is 1. The molecule has 0 amide bonds. The van der Waals surface area contributed by atoms with E-state index in [1.54, 1.807) is 0 Å². The van der Waals surface area contributed by atoms with Crippen molar-refractivity contribution in [1.82, 2.24) is 0 Å². The second-order valence-corrected chi connectivity index (χ2v) is 7.02. The van der Waals surface area contributed by atoms with Crippen LogP contribution in [0.25, 0.3) is 0 Å². The van der Waals surface area contributed by atoms with Crippen LogP contribution in [0.4, 0.5) is 11.4 Å². The molecule has 0 fully saturated rings. The van der Waals surface area contributed by atoms with Crippen molar-refractivity contribution in [2.24, 2.45) is 0 Å². The molecule has 0 spiro atoms. The van der Waals surface area contributed by atoms with Gasteiger partial charge in [0.25, 0.3) is 15.7 Å². The Bertz CT molecular complexity index is 1020. The van der Waals surface area contributed by atoms with E-state index >= 15 is 0 Å². The van der Waals surface area contributed by atoms with Gasteiger partial charge in [0, 0.05) is 18.2 Å². The van der Waals surface area contributed by atoms with Crippen LogP contribution >= 0.6 is 0 Å². The van der Waals surface area contributed by atoms with Crippen LogP contribution in [-0.4, -0.2) is 38.6 Å². The summed E-state index contributed by atoms with van der Waals surface area (Å²) in [6.07, 6.45) is 0. The quantitative estimate of drug-likeness (QED) is 0.536. The third-order valence-corrected chi connectivity index (χ3v) is 5.16. The first-order valence-electron chi connectivity index (χ1n) is 7.38. The molecule has 0 saturated heterocycles. The lowest BCUT2D eigenvalue weighted by Crippen LogP contribution is -2.18. The van der Waals surface area contributed by atoms with Crippen LogP contribution in [0.1, 0.15) is 15.9 Å². The van der Waals surface area contributed by atoms with Gasteiger partial charge >= 0.3 is 5.97 Å². The van der Waals surface area contributed by atoms with Gasteiger partial charge in [-0.2, -0.15) is 0 Å². The highest BCUT2D eigenvalue weighted by atomic mass is 32.2. The highest BCUT2D eigenvalue weighted by Gasteiger charge is 2.26. The Labute approximate surface area is 154 Å². The van der Waals surface area contributed by atoms with Gasteiger partial charge in [0.1, 0.15) is 17.2 Å². The molecule has 0 unspecified atom stereocenters. The summed E-state index contributed by atoms with van der Waals surface area (Å²) < 4.78 is 37.8. The number of nitro benzene ring substituents is 1. The fourth-order valence-electron chi connectivity index (χ4n) is 2.32. The van der Waals surface area contributed by atoms with Crippen LogP contribution in [0.2, 0.25) is 0 Å². The molecule has 144 valence electrons. The van der Waals surface area contributed by atoms with Gasteiger partial charge in [-0.15, -0.1) is 0 Å². The van der Waals surface area contributed by atoms with Crippen LogP contribution in [0, 0.1) is 17.0 Å². The number of nitro groups is 1. The molecule has 2 rings (SSSR count). The molecule has 0 aliphatic carbocycles. The van der Waals surface area contributed by atoms with Gasteiger partial charge in [-0.25, -0.2) is 13.2 Å². The molecule has 0 aromatic heterocycles. The number of hydrogen-bond acceptors (Lipinski definition) is 7.